The van der Waals surface area contributed by atoms with Crippen molar-refractivity contribution in [1.29, 1.82) is 0 Å². The molecular formula is C12H12ClNO. The third kappa shape index (κ3) is 1.83. The van der Waals surface area contributed by atoms with E-state index in [2.05, 4.69) is 4.98 Å². The van der Waals surface area contributed by atoms with Crippen molar-refractivity contribution in [2.24, 2.45) is 0 Å². The van der Waals surface area contributed by atoms with Gasteiger partial charge in [-0.2, -0.15) is 0 Å². The number of aliphatic hydroxyl groups excluding tert-OH is 1. The van der Waals surface area contributed by atoms with Gasteiger partial charge in [-0.05, 0) is 25.5 Å². The molecule has 0 aliphatic rings. The summed E-state index contributed by atoms with van der Waals surface area (Å²) in [7, 11) is 0. The van der Waals surface area contributed by atoms with Crippen molar-refractivity contribution in [3.05, 3.63) is 40.5 Å². The first kappa shape index (κ1) is 10.4. The molecule has 2 nitrogen and oxygen atoms in total. The third-order valence-corrected chi connectivity index (χ3v) is 2.78. The first-order chi connectivity index (χ1) is 7.09. The molecule has 1 aromatic carbocycles. The summed E-state index contributed by atoms with van der Waals surface area (Å²) in [4.78, 5) is 4.30. The molecule has 3 heteroatoms. The number of para-hydroxylation sites is 1. The third-order valence-electron chi connectivity index (χ3n) is 2.48. The predicted molar refractivity (Wildman–Crippen MR) is 62.1 cm³/mol. The molecule has 0 spiro atoms. The number of fused-ring (bicyclic) bond motifs is 1. The smallest absolute Gasteiger partial charge is 0.135 e. The maximum atomic E-state index is 9.51. The van der Waals surface area contributed by atoms with Gasteiger partial charge in [-0.1, -0.05) is 29.8 Å². The average molecular weight is 222 g/mol. The van der Waals surface area contributed by atoms with Crippen LogP contribution in [0.2, 0.25) is 5.15 Å². The van der Waals surface area contributed by atoms with Gasteiger partial charge < -0.3 is 5.11 Å². The Morgan fingerprint density at radius 2 is 2.13 bits per heavy atom. The SMILES string of the molecule is Cc1cccc2cc(C(C)O)c(Cl)nc12. The van der Waals surface area contributed by atoms with E-state index >= 15 is 0 Å². The fourth-order valence-corrected chi connectivity index (χ4v) is 1.93. The summed E-state index contributed by atoms with van der Waals surface area (Å²) in [6.07, 6.45) is -0.588. The van der Waals surface area contributed by atoms with Crippen molar-refractivity contribution in [2.45, 2.75) is 20.0 Å². The standard InChI is InChI=1S/C12H12ClNO/c1-7-4-3-5-9-6-10(8(2)15)12(13)14-11(7)9/h3-6,8,15H,1-2H3. The van der Waals surface area contributed by atoms with Crippen LogP contribution in [-0.2, 0) is 0 Å². The molecule has 0 radical (unpaired) electrons. The zero-order chi connectivity index (χ0) is 11.0. The second kappa shape index (κ2) is 3.80. The van der Waals surface area contributed by atoms with Gasteiger partial charge in [0, 0.05) is 10.9 Å². The summed E-state index contributed by atoms with van der Waals surface area (Å²) in [5.74, 6) is 0. The van der Waals surface area contributed by atoms with Gasteiger partial charge in [-0.25, -0.2) is 4.98 Å². The molecule has 0 bridgehead atoms. The van der Waals surface area contributed by atoms with E-state index in [1.54, 1.807) is 6.92 Å². The molecule has 0 aliphatic heterocycles. The first-order valence-electron chi connectivity index (χ1n) is 4.83. The van der Waals surface area contributed by atoms with Crippen LogP contribution in [0.3, 0.4) is 0 Å². The molecule has 2 aromatic rings. The van der Waals surface area contributed by atoms with Crippen LogP contribution in [0.1, 0.15) is 24.2 Å². The Kier molecular flexibility index (Phi) is 2.63. The highest BCUT2D eigenvalue weighted by molar-refractivity contribution is 6.30. The van der Waals surface area contributed by atoms with E-state index < -0.39 is 6.10 Å². The van der Waals surface area contributed by atoms with Gasteiger partial charge in [-0.3, -0.25) is 0 Å². The molecular weight excluding hydrogens is 210 g/mol. The van der Waals surface area contributed by atoms with Crippen LogP contribution in [0, 0.1) is 6.92 Å². The number of benzene rings is 1. The fraction of sp³-hybridized carbons (Fsp3) is 0.250. The summed E-state index contributed by atoms with van der Waals surface area (Å²) in [6, 6.07) is 7.83. The van der Waals surface area contributed by atoms with E-state index in [4.69, 9.17) is 11.6 Å². The number of aliphatic hydroxyl groups is 1. The molecule has 1 unspecified atom stereocenters. The quantitative estimate of drug-likeness (QED) is 0.750. The molecule has 1 atom stereocenters. The van der Waals surface area contributed by atoms with Crippen molar-refractivity contribution in [3.8, 4) is 0 Å². The Morgan fingerprint density at radius 1 is 1.40 bits per heavy atom. The molecule has 0 amide bonds. The van der Waals surface area contributed by atoms with Crippen LogP contribution in [0.25, 0.3) is 10.9 Å². The second-order valence-electron chi connectivity index (χ2n) is 3.69. The lowest BCUT2D eigenvalue weighted by molar-refractivity contribution is 0.199. The summed E-state index contributed by atoms with van der Waals surface area (Å²) < 4.78 is 0. The van der Waals surface area contributed by atoms with Crippen LogP contribution in [0.4, 0.5) is 0 Å². The fourth-order valence-electron chi connectivity index (χ4n) is 1.63. The van der Waals surface area contributed by atoms with Gasteiger partial charge in [0.1, 0.15) is 5.15 Å². The van der Waals surface area contributed by atoms with Crippen molar-refractivity contribution < 1.29 is 5.11 Å². The molecule has 2 rings (SSSR count). The van der Waals surface area contributed by atoms with E-state index in [-0.39, 0.29) is 0 Å². The Bertz CT molecular complexity index is 508. The van der Waals surface area contributed by atoms with Crippen LogP contribution >= 0.6 is 11.6 Å². The summed E-state index contributed by atoms with van der Waals surface area (Å²) in [6.45, 7) is 3.68. The number of halogens is 1. The molecule has 0 aliphatic carbocycles. The zero-order valence-corrected chi connectivity index (χ0v) is 9.42. The van der Waals surface area contributed by atoms with Gasteiger partial charge in [-0.15, -0.1) is 0 Å². The number of aryl methyl sites for hydroxylation is 1. The number of nitrogens with zero attached hydrogens (tertiary/aromatic N) is 1. The molecule has 0 saturated heterocycles. The Hall–Kier alpha value is -1.12. The van der Waals surface area contributed by atoms with E-state index in [0.29, 0.717) is 10.7 Å². The van der Waals surface area contributed by atoms with Crippen LogP contribution < -0.4 is 0 Å². The normalized spacial score (nSPS) is 13.1. The number of rotatable bonds is 1. The van der Waals surface area contributed by atoms with Gasteiger partial charge >= 0.3 is 0 Å². The highest BCUT2D eigenvalue weighted by atomic mass is 35.5. The molecule has 0 saturated carbocycles. The van der Waals surface area contributed by atoms with E-state index in [1.807, 2.05) is 31.2 Å². The topological polar surface area (TPSA) is 33.1 Å². The number of hydrogen-bond acceptors (Lipinski definition) is 2. The van der Waals surface area contributed by atoms with Crippen LogP contribution in [0.15, 0.2) is 24.3 Å². The molecule has 0 fully saturated rings. The molecule has 1 heterocycles. The monoisotopic (exact) mass is 221 g/mol. The minimum absolute atomic E-state index is 0.381. The highest BCUT2D eigenvalue weighted by Gasteiger charge is 2.10. The lowest BCUT2D eigenvalue weighted by atomic mass is 10.1. The lowest BCUT2D eigenvalue weighted by Crippen LogP contribution is -1.95. The number of hydrogen-bond donors (Lipinski definition) is 1. The summed E-state index contributed by atoms with van der Waals surface area (Å²) >= 11 is 6.00. The van der Waals surface area contributed by atoms with Crippen molar-refractivity contribution in [2.75, 3.05) is 0 Å². The van der Waals surface area contributed by atoms with Gasteiger partial charge in [0.2, 0.25) is 0 Å². The molecule has 1 N–H and O–H groups in total. The van der Waals surface area contributed by atoms with Crippen molar-refractivity contribution in [1.82, 2.24) is 4.98 Å². The Labute approximate surface area is 93.5 Å². The number of aromatic nitrogens is 1. The van der Waals surface area contributed by atoms with E-state index in [9.17, 15) is 5.11 Å². The van der Waals surface area contributed by atoms with E-state index in [1.165, 1.54) is 0 Å². The van der Waals surface area contributed by atoms with Crippen LogP contribution in [-0.4, -0.2) is 10.1 Å². The van der Waals surface area contributed by atoms with Crippen molar-refractivity contribution in [3.63, 3.8) is 0 Å². The first-order valence-corrected chi connectivity index (χ1v) is 5.21. The van der Waals surface area contributed by atoms with Crippen LogP contribution in [0.5, 0.6) is 0 Å². The molecule has 1 aromatic heterocycles. The molecule has 78 valence electrons. The van der Waals surface area contributed by atoms with E-state index in [0.717, 1.165) is 16.5 Å². The minimum atomic E-state index is -0.588. The van der Waals surface area contributed by atoms with Gasteiger partial charge in [0.25, 0.3) is 0 Å². The number of pyridine rings is 1. The predicted octanol–water partition coefficient (Wildman–Crippen LogP) is 3.25. The largest absolute Gasteiger partial charge is 0.389 e. The second-order valence-corrected chi connectivity index (χ2v) is 4.05. The Morgan fingerprint density at radius 3 is 2.80 bits per heavy atom. The average Bonchev–Trinajstić information content (AvgIpc) is 2.18. The van der Waals surface area contributed by atoms with Gasteiger partial charge in [0.15, 0.2) is 0 Å². The summed E-state index contributed by atoms with van der Waals surface area (Å²) in [5.41, 5.74) is 2.66. The van der Waals surface area contributed by atoms with Gasteiger partial charge in [0.05, 0.1) is 11.6 Å². The summed E-state index contributed by atoms with van der Waals surface area (Å²) in [5, 5.41) is 10.9. The minimum Gasteiger partial charge on any atom is -0.389 e. The zero-order valence-electron chi connectivity index (χ0n) is 8.66. The maximum absolute atomic E-state index is 9.51. The van der Waals surface area contributed by atoms with Crippen molar-refractivity contribution >= 4 is 22.5 Å². The highest BCUT2D eigenvalue weighted by Crippen LogP contribution is 2.26. The maximum Gasteiger partial charge on any atom is 0.135 e. The molecule has 15 heavy (non-hydrogen) atoms. The Balaban J connectivity index is 2.76. The lowest BCUT2D eigenvalue weighted by Gasteiger charge is -2.09.